The van der Waals surface area contributed by atoms with E-state index in [1.54, 1.807) is 31.4 Å². The van der Waals surface area contributed by atoms with Crippen molar-refractivity contribution in [3.05, 3.63) is 54.1 Å². The number of fused-ring (bicyclic) bond motifs is 1. The maximum absolute atomic E-state index is 12.8. The predicted octanol–water partition coefficient (Wildman–Crippen LogP) is 3.32. The number of hydrogen-bond donors (Lipinski definition) is 1. The molecule has 29 heavy (non-hydrogen) atoms. The van der Waals surface area contributed by atoms with Crippen LogP contribution in [0.25, 0.3) is 11.0 Å². The first-order chi connectivity index (χ1) is 13.6. The molecule has 0 aliphatic heterocycles. The van der Waals surface area contributed by atoms with E-state index >= 15 is 0 Å². The van der Waals surface area contributed by atoms with Crippen LogP contribution in [-0.4, -0.2) is 42.0 Å². The van der Waals surface area contributed by atoms with Gasteiger partial charge in [-0.15, -0.1) is 17.0 Å². The fraction of sp³-hybridized carbons (Fsp3) is 0.364. The standard InChI is InChI=1S/C22H28N4O2.BrH/c1-4-24(5-2)14-15-25-19-8-6-7-9-20(19)26(22(25)23)16-21(27)17-10-12-18(28-3)13-11-17;/h6-13,23H,4-5,14-16H2,1-3H3;1H/p+1. The summed E-state index contributed by atoms with van der Waals surface area (Å²) < 4.78 is 9.18. The lowest BCUT2D eigenvalue weighted by molar-refractivity contribution is -0.642. The summed E-state index contributed by atoms with van der Waals surface area (Å²) in [4.78, 5) is 15.2. The summed E-state index contributed by atoms with van der Waals surface area (Å²) in [5.74, 6) is 1.36. The number of methoxy groups -OCH3 is 1. The Morgan fingerprint density at radius 2 is 1.76 bits per heavy atom. The van der Waals surface area contributed by atoms with Crippen molar-refractivity contribution in [1.29, 1.82) is 0 Å². The quantitative estimate of drug-likeness (QED) is 0.392. The van der Waals surface area contributed by atoms with E-state index in [2.05, 4.69) is 29.4 Å². The molecule has 1 aromatic heterocycles. The van der Waals surface area contributed by atoms with Crippen LogP contribution in [0.3, 0.4) is 0 Å². The summed E-state index contributed by atoms with van der Waals surface area (Å²) >= 11 is 0. The number of nitrogens with two attached hydrogens (primary N) is 1. The van der Waals surface area contributed by atoms with Gasteiger partial charge in [0.05, 0.1) is 13.7 Å². The van der Waals surface area contributed by atoms with Gasteiger partial charge in [-0.05, 0) is 49.5 Å². The van der Waals surface area contributed by atoms with E-state index in [4.69, 9.17) is 10.5 Å². The van der Waals surface area contributed by atoms with Gasteiger partial charge in [-0.25, -0.2) is 9.13 Å². The number of carbonyl (C=O) groups is 1. The van der Waals surface area contributed by atoms with Crippen LogP contribution in [-0.2, 0) is 13.1 Å². The molecule has 3 rings (SSSR count). The zero-order valence-corrected chi connectivity index (χ0v) is 19.0. The van der Waals surface area contributed by atoms with Crippen LogP contribution in [0.15, 0.2) is 48.5 Å². The van der Waals surface area contributed by atoms with Crippen LogP contribution >= 0.6 is 17.0 Å². The lowest BCUT2D eigenvalue weighted by Gasteiger charge is -2.17. The third kappa shape index (κ3) is 4.97. The Morgan fingerprint density at radius 1 is 1.10 bits per heavy atom. The number of nitrogen functional groups attached to an aromatic ring is 1. The number of ketones is 1. The van der Waals surface area contributed by atoms with Crippen molar-refractivity contribution in [3.8, 4) is 5.75 Å². The number of halogens is 1. The van der Waals surface area contributed by atoms with Crippen LogP contribution < -0.4 is 15.0 Å². The Hall–Kier alpha value is -2.38. The molecular weight excluding hydrogens is 432 g/mol. The van der Waals surface area contributed by atoms with Crippen molar-refractivity contribution >= 4 is 39.7 Å². The third-order valence-electron chi connectivity index (χ3n) is 5.26. The Labute approximate surface area is 182 Å². The highest BCUT2D eigenvalue weighted by Gasteiger charge is 2.23. The fourth-order valence-electron chi connectivity index (χ4n) is 3.51. The monoisotopic (exact) mass is 461 g/mol. The number of nitrogens with zero attached hydrogens (tertiary/aromatic N) is 3. The Bertz CT molecular complexity index is 949. The van der Waals surface area contributed by atoms with Crippen LogP contribution in [0, 0.1) is 0 Å². The second-order valence-corrected chi connectivity index (χ2v) is 6.76. The maximum Gasteiger partial charge on any atom is 0.356 e. The fourth-order valence-corrected chi connectivity index (χ4v) is 3.51. The molecule has 0 spiro atoms. The van der Waals surface area contributed by atoms with Crippen molar-refractivity contribution in [2.45, 2.75) is 26.9 Å². The zero-order valence-electron chi connectivity index (χ0n) is 17.3. The molecule has 0 saturated carbocycles. The highest BCUT2D eigenvalue weighted by molar-refractivity contribution is 8.93. The number of aromatic nitrogens is 2. The smallest absolute Gasteiger partial charge is 0.356 e. The molecule has 6 nitrogen and oxygen atoms in total. The average Bonchev–Trinajstić information content (AvgIpc) is 3.00. The molecule has 2 N–H and O–H groups in total. The van der Waals surface area contributed by atoms with Crippen molar-refractivity contribution in [1.82, 2.24) is 9.47 Å². The van der Waals surface area contributed by atoms with Crippen LogP contribution in [0.5, 0.6) is 5.75 Å². The Balaban J connectivity index is 0.00000300. The number of ether oxygens (including phenoxy) is 1. The molecule has 156 valence electrons. The molecule has 3 aromatic rings. The van der Waals surface area contributed by atoms with Gasteiger partial charge >= 0.3 is 5.95 Å². The van der Waals surface area contributed by atoms with Gasteiger partial charge in [-0.3, -0.25) is 10.5 Å². The van der Waals surface area contributed by atoms with Crippen LogP contribution in [0.1, 0.15) is 24.2 Å². The first-order valence-electron chi connectivity index (χ1n) is 9.75. The number of carbonyl (C=O) groups excluding carboxylic acids is 1. The number of anilines is 1. The largest absolute Gasteiger partial charge is 0.497 e. The van der Waals surface area contributed by atoms with Gasteiger partial charge < -0.3 is 9.64 Å². The molecule has 0 unspecified atom stereocenters. The van der Waals surface area contributed by atoms with Crippen LogP contribution in [0.4, 0.5) is 5.95 Å². The van der Waals surface area contributed by atoms with E-state index in [-0.39, 0.29) is 29.3 Å². The minimum absolute atomic E-state index is 0. The van der Waals surface area contributed by atoms with Gasteiger partial charge in [0, 0.05) is 12.1 Å². The predicted molar refractivity (Wildman–Crippen MR) is 122 cm³/mol. The third-order valence-corrected chi connectivity index (χ3v) is 5.26. The van der Waals surface area contributed by atoms with E-state index in [9.17, 15) is 4.79 Å². The van der Waals surface area contributed by atoms with Gasteiger partial charge in [0.1, 0.15) is 23.3 Å². The normalized spacial score (nSPS) is 10.9. The summed E-state index contributed by atoms with van der Waals surface area (Å²) in [5, 5.41) is 0. The van der Waals surface area contributed by atoms with Gasteiger partial charge in [-0.1, -0.05) is 26.0 Å². The van der Waals surface area contributed by atoms with Gasteiger partial charge in [-0.2, -0.15) is 0 Å². The minimum Gasteiger partial charge on any atom is -0.497 e. The average molecular weight is 462 g/mol. The lowest BCUT2D eigenvalue weighted by atomic mass is 10.1. The van der Waals surface area contributed by atoms with E-state index in [1.807, 2.05) is 22.8 Å². The number of rotatable bonds is 9. The maximum atomic E-state index is 12.8. The van der Waals surface area contributed by atoms with Gasteiger partial charge in [0.2, 0.25) is 0 Å². The number of hydrogen-bond acceptors (Lipinski definition) is 4. The molecule has 0 fully saturated rings. The highest BCUT2D eigenvalue weighted by Crippen LogP contribution is 2.17. The molecule has 0 atom stereocenters. The summed E-state index contributed by atoms with van der Waals surface area (Å²) in [6, 6.07) is 15.2. The second kappa shape index (κ2) is 10.4. The van der Waals surface area contributed by atoms with Gasteiger partial charge in [0.15, 0.2) is 5.78 Å². The number of Topliss-reactive ketones (excluding diaryl/α,β-unsaturated/α-hetero) is 1. The van der Waals surface area contributed by atoms with E-state index in [0.29, 0.717) is 11.5 Å². The molecule has 0 radical (unpaired) electrons. The van der Waals surface area contributed by atoms with Gasteiger partial charge in [0.25, 0.3) is 0 Å². The Kier molecular flexibility index (Phi) is 8.22. The SMILES string of the molecule is Br.CCN(CC)CCn1c(N)[n+](CC(=O)c2ccc(OC)cc2)c2ccccc21. The lowest BCUT2D eigenvalue weighted by Crippen LogP contribution is -2.40. The first kappa shape index (κ1) is 22.9. The van der Waals surface area contributed by atoms with E-state index in [1.165, 1.54) is 0 Å². The summed E-state index contributed by atoms with van der Waals surface area (Å²) in [6.45, 7) is 8.25. The molecule has 0 amide bonds. The number of para-hydroxylation sites is 2. The highest BCUT2D eigenvalue weighted by atomic mass is 79.9. The summed E-state index contributed by atoms with van der Waals surface area (Å²) in [5.41, 5.74) is 9.16. The number of imidazole rings is 1. The number of benzene rings is 2. The topological polar surface area (TPSA) is 64.4 Å². The van der Waals surface area contributed by atoms with Crippen molar-refractivity contribution in [2.24, 2.45) is 0 Å². The second-order valence-electron chi connectivity index (χ2n) is 6.76. The zero-order chi connectivity index (χ0) is 20.1. The molecule has 0 aliphatic carbocycles. The molecular formula is C22H30BrN4O2+. The molecule has 0 bridgehead atoms. The van der Waals surface area contributed by atoms with Crippen molar-refractivity contribution in [2.75, 3.05) is 32.5 Å². The molecule has 2 aromatic carbocycles. The summed E-state index contributed by atoms with van der Waals surface area (Å²) in [6.07, 6.45) is 0. The summed E-state index contributed by atoms with van der Waals surface area (Å²) in [7, 11) is 1.61. The molecule has 7 heteroatoms. The molecule has 0 aliphatic rings. The minimum atomic E-state index is 0. The molecule has 1 heterocycles. The Morgan fingerprint density at radius 3 is 2.38 bits per heavy atom. The van der Waals surface area contributed by atoms with Crippen molar-refractivity contribution in [3.63, 3.8) is 0 Å². The van der Waals surface area contributed by atoms with E-state index < -0.39 is 0 Å². The number of likely N-dealkylation sites (N-methyl/N-ethyl adjacent to an activating group) is 1. The first-order valence-corrected chi connectivity index (χ1v) is 9.75. The van der Waals surface area contributed by atoms with Crippen molar-refractivity contribution < 1.29 is 14.1 Å². The van der Waals surface area contributed by atoms with Crippen LogP contribution in [0.2, 0.25) is 0 Å². The molecule has 0 saturated heterocycles. The van der Waals surface area contributed by atoms with E-state index in [0.717, 1.165) is 43.0 Å².